The molecule has 0 N–H and O–H groups in total. The van der Waals surface area contributed by atoms with Gasteiger partial charge in [-0.2, -0.15) is 0 Å². The Balaban J connectivity index is 1.53. The predicted octanol–water partition coefficient (Wildman–Crippen LogP) is 2.52. The first kappa shape index (κ1) is 15.6. The normalized spacial score (nSPS) is 22.9. The molecule has 1 amide bonds. The van der Waals surface area contributed by atoms with Gasteiger partial charge in [-0.15, -0.1) is 0 Å². The van der Waals surface area contributed by atoms with E-state index < -0.39 is 0 Å². The van der Waals surface area contributed by atoms with Crippen molar-refractivity contribution in [2.24, 2.45) is 0 Å². The fourth-order valence-electron chi connectivity index (χ4n) is 3.27. The van der Waals surface area contributed by atoms with Gasteiger partial charge in [0.1, 0.15) is 5.76 Å². The van der Waals surface area contributed by atoms with E-state index in [4.69, 9.17) is 9.15 Å². The van der Waals surface area contributed by atoms with Crippen molar-refractivity contribution in [1.29, 1.82) is 0 Å². The first-order chi connectivity index (χ1) is 10.7. The van der Waals surface area contributed by atoms with Gasteiger partial charge in [-0.1, -0.05) is 0 Å². The van der Waals surface area contributed by atoms with Gasteiger partial charge in [0.2, 0.25) is 0 Å². The van der Waals surface area contributed by atoms with Crippen LogP contribution in [0.1, 0.15) is 48.4 Å². The van der Waals surface area contributed by atoms with Gasteiger partial charge in [-0.3, -0.25) is 9.69 Å². The van der Waals surface area contributed by atoms with Crippen LogP contribution in [0.15, 0.2) is 16.5 Å². The lowest BCUT2D eigenvalue weighted by Gasteiger charge is -2.27. The van der Waals surface area contributed by atoms with E-state index in [9.17, 15) is 4.79 Å². The average Bonchev–Trinajstić information content (AvgIpc) is 3.20. The zero-order valence-electron chi connectivity index (χ0n) is 13.4. The van der Waals surface area contributed by atoms with Gasteiger partial charge in [-0.25, -0.2) is 0 Å². The van der Waals surface area contributed by atoms with Crippen LogP contribution in [0.3, 0.4) is 0 Å². The molecule has 1 atom stereocenters. The smallest absolute Gasteiger partial charge is 0.289 e. The molecule has 122 valence electrons. The molecule has 1 aromatic heterocycles. The minimum Gasteiger partial charge on any atom is -0.455 e. The number of furan rings is 1. The number of carbonyl (C=O) groups is 1. The molecular formula is C17H26N2O3. The first-order valence-electron chi connectivity index (χ1n) is 8.40. The van der Waals surface area contributed by atoms with E-state index in [1.54, 1.807) is 11.0 Å². The number of rotatable bonds is 5. The van der Waals surface area contributed by atoms with Crippen molar-refractivity contribution in [3.05, 3.63) is 23.7 Å². The van der Waals surface area contributed by atoms with Crippen LogP contribution < -0.4 is 0 Å². The second-order valence-electron chi connectivity index (χ2n) is 6.42. The molecule has 5 heteroatoms. The zero-order valence-corrected chi connectivity index (χ0v) is 13.4. The third-order valence-corrected chi connectivity index (χ3v) is 4.55. The Morgan fingerprint density at radius 2 is 2.09 bits per heavy atom. The van der Waals surface area contributed by atoms with Crippen molar-refractivity contribution in [1.82, 2.24) is 9.80 Å². The molecule has 2 aliphatic rings. The summed E-state index contributed by atoms with van der Waals surface area (Å²) in [6.45, 7) is 4.52. The Morgan fingerprint density at radius 3 is 2.82 bits per heavy atom. The maximum Gasteiger partial charge on any atom is 0.289 e. The highest BCUT2D eigenvalue weighted by Gasteiger charge is 2.22. The second-order valence-corrected chi connectivity index (χ2v) is 6.42. The van der Waals surface area contributed by atoms with E-state index in [0.29, 0.717) is 12.3 Å². The Kier molecular flexibility index (Phi) is 5.16. The van der Waals surface area contributed by atoms with Crippen molar-refractivity contribution < 1.29 is 13.9 Å². The maximum atomic E-state index is 12.4. The third kappa shape index (κ3) is 3.90. The van der Waals surface area contributed by atoms with Crippen molar-refractivity contribution in [2.45, 2.75) is 44.8 Å². The average molecular weight is 306 g/mol. The van der Waals surface area contributed by atoms with Crippen molar-refractivity contribution in [2.75, 3.05) is 33.3 Å². The molecule has 0 aromatic carbocycles. The van der Waals surface area contributed by atoms with E-state index in [1.165, 1.54) is 19.3 Å². The summed E-state index contributed by atoms with van der Waals surface area (Å²) < 4.78 is 11.4. The molecule has 2 fully saturated rings. The summed E-state index contributed by atoms with van der Waals surface area (Å²) in [5, 5.41) is 0. The van der Waals surface area contributed by atoms with Gasteiger partial charge >= 0.3 is 0 Å². The fraction of sp³-hybridized carbons (Fsp3) is 0.706. The highest BCUT2D eigenvalue weighted by molar-refractivity contribution is 5.91. The lowest BCUT2D eigenvalue weighted by atomic mass is 10.1. The van der Waals surface area contributed by atoms with Crippen LogP contribution in [0.5, 0.6) is 0 Å². The summed E-state index contributed by atoms with van der Waals surface area (Å²) in [6.07, 6.45) is 6.05. The number of likely N-dealkylation sites (tertiary alicyclic amines) is 1. The molecule has 1 aromatic rings. The molecule has 0 aliphatic carbocycles. The maximum absolute atomic E-state index is 12.4. The molecule has 2 saturated heterocycles. The summed E-state index contributed by atoms with van der Waals surface area (Å²) in [4.78, 5) is 16.5. The summed E-state index contributed by atoms with van der Waals surface area (Å²) in [7, 11) is 1.82. The van der Waals surface area contributed by atoms with E-state index in [-0.39, 0.29) is 12.0 Å². The Labute approximate surface area is 132 Å². The molecule has 0 bridgehead atoms. The lowest BCUT2D eigenvalue weighted by molar-refractivity contribution is -0.000748. The fourth-order valence-corrected chi connectivity index (χ4v) is 3.27. The lowest BCUT2D eigenvalue weighted by Crippen LogP contribution is -2.37. The molecule has 22 heavy (non-hydrogen) atoms. The first-order valence-corrected chi connectivity index (χ1v) is 8.40. The molecule has 0 radical (unpaired) electrons. The highest BCUT2D eigenvalue weighted by atomic mass is 16.5. The predicted molar refractivity (Wildman–Crippen MR) is 83.8 cm³/mol. The summed E-state index contributed by atoms with van der Waals surface area (Å²) >= 11 is 0. The molecule has 5 nitrogen and oxygen atoms in total. The molecular weight excluding hydrogens is 280 g/mol. The van der Waals surface area contributed by atoms with Crippen LogP contribution >= 0.6 is 0 Å². The van der Waals surface area contributed by atoms with Crippen LogP contribution in [-0.2, 0) is 11.3 Å². The highest BCUT2D eigenvalue weighted by Crippen LogP contribution is 2.18. The summed E-state index contributed by atoms with van der Waals surface area (Å²) in [5.74, 6) is 1.27. The van der Waals surface area contributed by atoms with Gasteiger partial charge in [0.15, 0.2) is 5.76 Å². The van der Waals surface area contributed by atoms with Gasteiger partial charge in [-0.05, 0) is 57.3 Å². The molecule has 0 unspecified atom stereocenters. The van der Waals surface area contributed by atoms with Crippen molar-refractivity contribution >= 4 is 5.91 Å². The number of nitrogens with zero attached hydrogens (tertiary/aromatic N) is 2. The number of amides is 1. The number of hydrogen-bond acceptors (Lipinski definition) is 4. The summed E-state index contributed by atoms with van der Waals surface area (Å²) in [6, 6.07) is 3.72. The van der Waals surface area contributed by atoms with Crippen LogP contribution in [0, 0.1) is 0 Å². The molecule has 3 rings (SSSR count). The summed E-state index contributed by atoms with van der Waals surface area (Å²) in [5.41, 5.74) is 0. The van der Waals surface area contributed by atoms with Crippen LogP contribution in [0.25, 0.3) is 0 Å². The topological polar surface area (TPSA) is 45.9 Å². The number of carbonyl (C=O) groups excluding carboxylic acids is 1. The van der Waals surface area contributed by atoms with Gasteiger partial charge in [0.05, 0.1) is 12.6 Å². The monoisotopic (exact) mass is 306 g/mol. The quantitative estimate of drug-likeness (QED) is 0.838. The Morgan fingerprint density at radius 1 is 1.27 bits per heavy atom. The van der Waals surface area contributed by atoms with E-state index in [2.05, 4.69) is 4.90 Å². The van der Waals surface area contributed by atoms with E-state index >= 15 is 0 Å². The Bertz CT molecular complexity index is 488. The number of hydrogen-bond donors (Lipinski definition) is 0. The van der Waals surface area contributed by atoms with E-state index in [0.717, 1.165) is 44.8 Å². The van der Waals surface area contributed by atoms with Crippen molar-refractivity contribution in [3.8, 4) is 0 Å². The second kappa shape index (κ2) is 7.29. The molecule has 2 aliphatic heterocycles. The van der Waals surface area contributed by atoms with Crippen LogP contribution in [-0.4, -0.2) is 55.1 Å². The molecule has 0 spiro atoms. The third-order valence-electron chi connectivity index (χ3n) is 4.55. The minimum atomic E-state index is -0.0538. The molecule has 0 saturated carbocycles. The van der Waals surface area contributed by atoms with Crippen LogP contribution in [0.2, 0.25) is 0 Å². The number of likely N-dealkylation sites (N-methyl/N-ethyl adjacent to an activating group) is 1. The largest absolute Gasteiger partial charge is 0.455 e. The van der Waals surface area contributed by atoms with Gasteiger partial charge in [0.25, 0.3) is 5.91 Å². The minimum absolute atomic E-state index is 0.0538. The van der Waals surface area contributed by atoms with Crippen molar-refractivity contribution in [3.63, 3.8) is 0 Å². The van der Waals surface area contributed by atoms with E-state index in [1.807, 2.05) is 13.1 Å². The SMILES string of the molecule is CN(C[C@H]1CCCCO1)C(=O)c1ccc(CN2CCCC2)o1. The van der Waals surface area contributed by atoms with Gasteiger partial charge < -0.3 is 14.1 Å². The van der Waals surface area contributed by atoms with Crippen LogP contribution in [0.4, 0.5) is 0 Å². The molecule has 3 heterocycles. The zero-order chi connectivity index (χ0) is 15.4. The van der Waals surface area contributed by atoms with Gasteiger partial charge in [0, 0.05) is 20.2 Å². The Hall–Kier alpha value is -1.33. The standard InChI is InChI=1S/C17H26N2O3/c1-18(12-14-6-2-5-11-21-14)17(20)16-8-7-15(22-16)13-19-9-3-4-10-19/h7-8,14H,2-6,9-13H2,1H3/t14-/m1/s1. The number of ether oxygens (including phenoxy) is 1.